The number of hydrogen-bond acceptors (Lipinski definition) is 5. The second-order valence-corrected chi connectivity index (χ2v) is 12.5. The maximum atomic E-state index is 13.5. The molecule has 1 atom stereocenters. The van der Waals surface area contributed by atoms with Crippen molar-refractivity contribution in [3.8, 4) is 17.3 Å². The van der Waals surface area contributed by atoms with Gasteiger partial charge in [-0.25, -0.2) is 9.78 Å². The van der Waals surface area contributed by atoms with E-state index >= 15 is 0 Å². The number of piperidine rings is 1. The summed E-state index contributed by atoms with van der Waals surface area (Å²) in [5, 5.41) is 3.99. The number of methoxy groups -OCH3 is 1. The van der Waals surface area contributed by atoms with Crippen molar-refractivity contribution in [1.29, 1.82) is 0 Å². The van der Waals surface area contributed by atoms with Crippen molar-refractivity contribution in [2.45, 2.75) is 64.6 Å². The molecule has 1 aliphatic carbocycles. The summed E-state index contributed by atoms with van der Waals surface area (Å²) in [6, 6.07) is 14.1. The van der Waals surface area contributed by atoms with Gasteiger partial charge < -0.3 is 28.8 Å². The molecule has 41 heavy (non-hydrogen) atoms. The van der Waals surface area contributed by atoms with Crippen LogP contribution in [0.3, 0.4) is 0 Å². The van der Waals surface area contributed by atoms with Crippen LogP contribution in [0.5, 0.6) is 5.75 Å². The number of benzene rings is 2. The van der Waals surface area contributed by atoms with Crippen LogP contribution in [0.4, 0.5) is 4.79 Å². The lowest BCUT2D eigenvalue weighted by Gasteiger charge is -2.33. The standard InChI is InChI=1S/C32H39N5O4/c1-32(2,3)34-31(39)41-24-7-6-14-36(19-24)30(38)22-11-13-26-25(15-22)33-29(35(26)4)28-16-21-10-12-23(40-5)17-27(21)37(28)18-20-8-9-20/h10-13,15-17,20,24H,6-9,14,18-19H2,1-5H3,(H,34,39)/t24-/m1/s1. The normalized spacial score (nSPS) is 17.7. The van der Waals surface area contributed by atoms with Crippen molar-refractivity contribution in [2.24, 2.45) is 13.0 Å². The Morgan fingerprint density at radius 2 is 1.85 bits per heavy atom. The van der Waals surface area contributed by atoms with Gasteiger partial charge in [-0.1, -0.05) is 0 Å². The molecule has 1 N–H and O–H groups in total. The van der Waals surface area contributed by atoms with E-state index < -0.39 is 6.09 Å². The van der Waals surface area contributed by atoms with Crippen molar-refractivity contribution in [3.63, 3.8) is 0 Å². The summed E-state index contributed by atoms with van der Waals surface area (Å²) in [5.41, 5.74) is 4.17. The first-order valence-corrected chi connectivity index (χ1v) is 14.5. The SMILES string of the molecule is COc1ccc2cc(-c3nc4cc(C(=O)N5CCC[C@@H](OC(=O)NC(C)(C)C)C5)ccc4n3C)n(CC3CC3)c2c1. The Morgan fingerprint density at radius 1 is 1.05 bits per heavy atom. The number of carbonyl (C=O) groups is 2. The van der Waals surface area contributed by atoms with E-state index in [0.717, 1.165) is 58.6 Å². The minimum absolute atomic E-state index is 0.0708. The third kappa shape index (κ3) is 5.62. The maximum absolute atomic E-state index is 13.5. The topological polar surface area (TPSA) is 90.6 Å². The number of hydrogen-bond donors (Lipinski definition) is 1. The van der Waals surface area contributed by atoms with Crippen molar-refractivity contribution in [1.82, 2.24) is 24.3 Å². The van der Waals surface area contributed by atoms with Crippen LogP contribution in [0.1, 0.15) is 56.8 Å². The van der Waals surface area contributed by atoms with E-state index in [1.165, 1.54) is 12.8 Å². The van der Waals surface area contributed by atoms with Gasteiger partial charge in [0.15, 0.2) is 5.82 Å². The molecule has 2 amide bonds. The fourth-order valence-electron chi connectivity index (χ4n) is 5.75. The van der Waals surface area contributed by atoms with Crippen molar-refractivity contribution in [2.75, 3.05) is 20.2 Å². The highest BCUT2D eigenvalue weighted by Gasteiger charge is 2.29. The summed E-state index contributed by atoms with van der Waals surface area (Å²) in [6.07, 6.45) is 3.25. The molecule has 1 saturated heterocycles. The summed E-state index contributed by atoms with van der Waals surface area (Å²) in [5.74, 6) is 2.33. The van der Waals surface area contributed by atoms with E-state index in [0.29, 0.717) is 24.6 Å². The Kier molecular flexibility index (Phi) is 6.91. The Balaban J connectivity index is 1.27. The van der Waals surface area contributed by atoms with E-state index in [9.17, 15) is 9.59 Å². The lowest BCUT2D eigenvalue weighted by atomic mass is 10.1. The number of imidazole rings is 1. The molecule has 0 radical (unpaired) electrons. The number of nitrogens with one attached hydrogen (secondary N) is 1. The number of carbonyl (C=O) groups excluding carboxylic acids is 2. The number of likely N-dealkylation sites (tertiary alicyclic amines) is 1. The van der Waals surface area contributed by atoms with Crippen molar-refractivity contribution in [3.05, 3.63) is 48.0 Å². The third-order valence-electron chi connectivity index (χ3n) is 8.02. The zero-order chi connectivity index (χ0) is 28.9. The Bertz CT molecular complexity index is 1620. The average Bonchev–Trinajstić information content (AvgIpc) is 3.61. The van der Waals surface area contributed by atoms with Gasteiger partial charge in [0.25, 0.3) is 5.91 Å². The van der Waals surface area contributed by atoms with E-state index in [1.54, 1.807) is 12.0 Å². The number of alkyl carbamates (subject to hydrolysis) is 1. The molecule has 0 unspecified atom stereocenters. The zero-order valence-corrected chi connectivity index (χ0v) is 24.6. The van der Waals surface area contributed by atoms with Crippen LogP contribution < -0.4 is 10.1 Å². The number of rotatable bonds is 6. The zero-order valence-electron chi connectivity index (χ0n) is 24.6. The molecule has 2 aliphatic rings. The third-order valence-corrected chi connectivity index (χ3v) is 8.02. The molecule has 4 aromatic rings. The summed E-state index contributed by atoms with van der Waals surface area (Å²) in [4.78, 5) is 32.7. The minimum Gasteiger partial charge on any atom is -0.497 e. The summed E-state index contributed by atoms with van der Waals surface area (Å²) < 4.78 is 15.6. The van der Waals surface area contributed by atoms with Crippen LogP contribution >= 0.6 is 0 Å². The molecule has 9 nitrogen and oxygen atoms in total. The van der Waals surface area contributed by atoms with Crippen LogP contribution in [0.15, 0.2) is 42.5 Å². The molecule has 0 bridgehead atoms. The van der Waals surface area contributed by atoms with Gasteiger partial charge in [0, 0.05) is 42.7 Å². The monoisotopic (exact) mass is 557 g/mol. The maximum Gasteiger partial charge on any atom is 0.407 e. The lowest BCUT2D eigenvalue weighted by molar-refractivity contribution is 0.0323. The molecule has 1 saturated carbocycles. The van der Waals surface area contributed by atoms with Crippen LogP contribution in [-0.2, 0) is 18.3 Å². The number of aromatic nitrogens is 3. The first-order chi connectivity index (χ1) is 19.6. The fourth-order valence-corrected chi connectivity index (χ4v) is 5.75. The molecule has 2 fully saturated rings. The first kappa shape index (κ1) is 27.2. The molecule has 9 heteroatoms. The largest absolute Gasteiger partial charge is 0.497 e. The van der Waals surface area contributed by atoms with E-state index in [2.05, 4.69) is 32.7 Å². The number of nitrogens with zero attached hydrogens (tertiary/aromatic N) is 4. The lowest BCUT2D eigenvalue weighted by Crippen LogP contribution is -2.47. The highest BCUT2D eigenvalue weighted by molar-refractivity contribution is 5.98. The van der Waals surface area contributed by atoms with Gasteiger partial charge in [0.05, 0.1) is 35.9 Å². The van der Waals surface area contributed by atoms with E-state index in [1.807, 2.05) is 52.1 Å². The van der Waals surface area contributed by atoms with Crippen LogP contribution in [-0.4, -0.2) is 62.9 Å². The second-order valence-electron chi connectivity index (χ2n) is 12.5. The highest BCUT2D eigenvalue weighted by atomic mass is 16.6. The molecular weight excluding hydrogens is 518 g/mol. The van der Waals surface area contributed by atoms with Gasteiger partial charge in [-0.2, -0.15) is 0 Å². The van der Waals surface area contributed by atoms with Gasteiger partial charge >= 0.3 is 6.09 Å². The molecule has 2 aromatic carbocycles. The Hall–Kier alpha value is -4.01. The minimum atomic E-state index is -0.447. The Labute approximate surface area is 240 Å². The van der Waals surface area contributed by atoms with Gasteiger partial charge in [-0.15, -0.1) is 0 Å². The van der Waals surface area contributed by atoms with Gasteiger partial charge in [0.2, 0.25) is 0 Å². The number of fused-ring (bicyclic) bond motifs is 2. The van der Waals surface area contributed by atoms with Crippen LogP contribution in [0.25, 0.3) is 33.5 Å². The van der Waals surface area contributed by atoms with Crippen molar-refractivity contribution < 1.29 is 19.1 Å². The second kappa shape index (κ2) is 10.4. The van der Waals surface area contributed by atoms with E-state index in [4.69, 9.17) is 14.5 Å². The molecule has 3 heterocycles. The first-order valence-electron chi connectivity index (χ1n) is 14.5. The molecule has 6 rings (SSSR count). The quantitative estimate of drug-likeness (QED) is 0.326. The van der Waals surface area contributed by atoms with Gasteiger partial charge in [-0.3, -0.25) is 4.79 Å². The predicted octanol–water partition coefficient (Wildman–Crippen LogP) is 5.74. The van der Waals surface area contributed by atoms with Crippen LogP contribution in [0.2, 0.25) is 0 Å². The summed E-state index contributed by atoms with van der Waals surface area (Å²) in [6.45, 7) is 7.70. The average molecular weight is 558 g/mol. The number of amides is 2. The predicted molar refractivity (Wildman–Crippen MR) is 159 cm³/mol. The number of aryl methyl sites for hydroxylation is 1. The molecule has 1 aliphatic heterocycles. The Morgan fingerprint density at radius 3 is 2.59 bits per heavy atom. The van der Waals surface area contributed by atoms with Crippen molar-refractivity contribution >= 4 is 33.9 Å². The van der Waals surface area contributed by atoms with Crippen LogP contribution in [0, 0.1) is 5.92 Å². The molecule has 2 aromatic heterocycles. The summed E-state index contributed by atoms with van der Waals surface area (Å²) >= 11 is 0. The molecule has 0 spiro atoms. The molecular formula is C32H39N5O4. The summed E-state index contributed by atoms with van der Waals surface area (Å²) in [7, 11) is 3.72. The highest BCUT2D eigenvalue weighted by Crippen LogP contribution is 2.37. The fraction of sp³-hybridized carbons (Fsp3) is 0.469. The molecule has 216 valence electrons. The van der Waals surface area contributed by atoms with Gasteiger partial charge in [-0.05, 0) is 88.8 Å². The van der Waals surface area contributed by atoms with E-state index in [-0.39, 0.29) is 17.6 Å². The number of ether oxygens (including phenoxy) is 2. The smallest absolute Gasteiger partial charge is 0.407 e. The van der Waals surface area contributed by atoms with Gasteiger partial charge in [0.1, 0.15) is 11.9 Å².